The van der Waals surface area contributed by atoms with Crippen LogP contribution in [0.5, 0.6) is 0 Å². The average Bonchev–Trinajstić information content (AvgIpc) is 1.65. The monoisotopic (exact) mass is 296 g/mol. The van der Waals surface area contributed by atoms with Gasteiger partial charge in [0.05, 0.1) is 0 Å². The molecule has 0 rings (SSSR count). The molecule has 0 aliphatic rings. The van der Waals surface area contributed by atoms with Crippen molar-refractivity contribution in [2.24, 2.45) is 0 Å². The van der Waals surface area contributed by atoms with Crippen LogP contribution < -0.4 is 0 Å². The lowest BCUT2D eigenvalue weighted by Gasteiger charge is -2.01. The Morgan fingerprint density at radius 1 is 1.43 bits per heavy atom. The Hall–Kier alpha value is 1.37. The Labute approximate surface area is 67.2 Å². The highest BCUT2D eigenvalue weighted by Crippen LogP contribution is 2.17. The maximum atomic E-state index is 12.1. The molecule has 0 fully saturated rings. The number of rotatable bonds is 2. The third-order valence-electron chi connectivity index (χ3n) is 0.421. The molecule has 0 aliphatic carbocycles. The molecule has 4 heteroatoms. The first kappa shape index (κ1) is 8.37. The van der Waals surface area contributed by atoms with E-state index in [1.807, 2.05) is 0 Å². The fourth-order valence-corrected chi connectivity index (χ4v) is 1.82. The van der Waals surface area contributed by atoms with Gasteiger partial charge in [0.25, 0.3) is 0 Å². The van der Waals surface area contributed by atoms with Crippen LogP contribution in [0.4, 0.5) is 4.39 Å². The zero-order valence-corrected chi connectivity index (χ0v) is 8.13. The van der Waals surface area contributed by atoms with Crippen LogP contribution in [-0.4, -0.2) is 15.2 Å². The van der Waals surface area contributed by atoms with Crippen molar-refractivity contribution in [3.63, 3.8) is 0 Å². The molecule has 0 N–H and O–H groups in total. The van der Waals surface area contributed by atoms with Gasteiger partial charge in [-0.25, -0.2) is 4.39 Å². The topological polar surface area (TPSA) is 0 Å². The molecule has 0 saturated heterocycles. The first-order chi connectivity index (χ1) is 3.18. The molecule has 7 heavy (non-hydrogen) atoms. The number of hydrogen-bond acceptors (Lipinski definition) is 0. The molecule has 0 bridgehead atoms. The molecule has 0 aromatic carbocycles. The summed E-state index contributed by atoms with van der Waals surface area (Å²) < 4.78 is 11.9. The maximum Gasteiger partial charge on any atom is 0.132 e. The largest absolute Gasteiger partial charge is 0.244 e. The van der Waals surface area contributed by atoms with Gasteiger partial charge in [-0.15, -0.1) is 0 Å². The van der Waals surface area contributed by atoms with Crippen molar-refractivity contribution in [3.8, 4) is 0 Å². The lowest BCUT2D eigenvalue weighted by atomic mass is 10.5. The van der Waals surface area contributed by atoms with Crippen molar-refractivity contribution < 1.29 is 4.39 Å². The van der Waals surface area contributed by atoms with Crippen LogP contribution in [0.1, 0.15) is 0 Å². The summed E-state index contributed by atoms with van der Waals surface area (Å²) in [5, 5.41) is 0.369. The summed E-state index contributed by atoms with van der Waals surface area (Å²) in [4.78, 5) is 0. The third-order valence-corrected chi connectivity index (χ3v) is 2.19. The standard InChI is InChI=1S/C3H4Br3F/c4-1-2(7)3(5)6/h2-3H,1H2. The van der Waals surface area contributed by atoms with Gasteiger partial charge in [0.2, 0.25) is 0 Å². The second kappa shape index (κ2) is 4.27. The fraction of sp³-hybridized carbons (Fsp3) is 1.00. The smallest absolute Gasteiger partial charge is 0.132 e. The van der Waals surface area contributed by atoms with E-state index < -0.39 is 6.17 Å². The summed E-state index contributed by atoms with van der Waals surface area (Å²) in [6.07, 6.45) is -0.847. The fourth-order valence-electron chi connectivity index (χ4n) is 0.0673. The van der Waals surface area contributed by atoms with E-state index in [2.05, 4.69) is 47.8 Å². The van der Waals surface area contributed by atoms with Crippen molar-refractivity contribution in [3.05, 3.63) is 0 Å². The highest BCUT2D eigenvalue weighted by molar-refractivity contribution is 9.24. The highest BCUT2D eigenvalue weighted by atomic mass is 79.9. The molecule has 0 saturated carbocycles. The number of hydrogen-bond donors (Lipinski definition) is 0. The van der Waals surface area contributed by atoms with Crippen LogP contribution in [0.3, 0.4) is 0 Å². The van der Waals surface area contributed by atoms with E-state index in [0.29, 0.717) is 5.33 Å². The Bertz CT molecular complexity index is 47.4. The van der Waals surface area contributed by atoms with Crippen LogP contribution in [0.2, 0.25) is 0 Å². The third kappa shape index (κ3) is 3.91. The second-order valence-corrected chi connectivity index (χ2v) is 4.85. The van der Waals surface area contributed by atoms with E-state index >= 15 is 0 Å². The second-order valence-electron chi connectivity index (χ2n) is 1.00. The predicted octanol–water partition coefficient (Wildman–Crippen LogP) is 2.84. The Kier molecular flexibility index (Phi) is 5.10. The summed E-state index contributed by atoms with van der Waals surface area (Å²) in [6, 6.07) is 0. The first-order valence-corrected chi connectivity index (χ1v) is 4.62. The summed E-state index contributed by atoms with van der Waals surface area (Å²) in [6.45, 7) is 0. The van der Waals surface area contributed by atoms with E-state index in [9.17, 15) is 4.39 Å². The van der Waals surface area contributed by atoms with Crippen molar-refractivity contribution in [1.82, 2.24) is 0 Å². The molecular weight excluding hydrogens is 295 g/mol. The predicted molar refractivity (Wildman–Crippen MR) is 40.3 cm³/mol. The molecule has 0 aromatic rings. The van der Waals surface area contributed by atoms with E-state index in [0.717, 1.165) is 0 Å². The van der Waals surface area contributed by atoms with Crippen LogP contribution in [0.25, 0.3) is 0 Å². The lowest BCUT2D eigenvalue weighted by Crippen LogP contribution is -2.09. The summed E-state index contributed by atoms with van der Waals surface area (Å²) in [5.74, 6) is 0. The molecule has 0 amide bonds. The zero-order valence-electron chi connectivity index (χ0n) is 3.37. The van der Waals surface area contributed by atoms with Crippen LogP contribution >= 0.6 is 47.8 Å². The van der Waals surface area contributed by atoms with Gasteiger partial charge in [-0.1, -0.05) is 47.8 Å². The van der Waals surface area contributed by atoms with Gasteiger partial charge in [-0.3, -0.25) is 0 Å². The van der Waals surface area contributed by atoms with Gasteiger partial charge in [-0.05, 0) is 0 Å². The van der Waals surface area contributed by atoms with Gasteiger partial charge < -0.3 is 0 Å². The van der Waals surface area contributed by atoms with Gasteiger partial charge in [0.1, 0.15) is 9.91 Å². The maximum absolute atomic E-state index is 12.1. The van der Waals surface area contributed by atoms with E-state index in [1.165, 1.54) is 0 Å². The van der Waals surface area contributed by atoms with E-state index in [4.69, 9.17) is 0 Å². The van der Waals surface area contributed by atoms with Crippen molar-refractivity contribution in [1.29, 1.82) is 0 Å². The number of halogens is 4. The van der Waals surface area contributed by atoms with E-state index in [-0.39, 0.29) is 3.74 Å². The Morgan fingerprint density at radius 3 is 1.86 bits per heavy atom. The summed E-state index contributed by atoms with van der Waals surface area (Å²) in [7, 11) is 0. The molecular formula is C3H4Br3F. The van der Waals surface area contributed by atoms with Crippen molar-refractivity contribution in [2.75, 3.05) is 5.33 Å². The normalized spacial score (nSPS) is 15.0. The van der Waals surface area contributed by atoms with Gasteiger partial charge in [0, 0.05) is 5.33 Å². The minimum Gasteiger partial charge on any atom is -0.244 e. The van der Waals surface area contributed by atoms with Crippen molar-refractivity contribution >= 4 is 47.8 Å². The Morgan fingerprint density at radius 2 is 1.86 bits per heavy atom. The van der Waals surface area contributed by atoms with E-state index in [1.54, 1.807) is 0 Å². The average molecular weight is 299 g/mol. The molecule has 0 radical (unpaired) electrons. The Balaban J connectivity index is 3.14. The SMILES string of the molecule is FC(CBr)C(Br)Br. The minimum absolute atomic E-state index is 0.223. The van der Waals surface area contributed by atoms with Gasteiger partial charge in [0.15, 0.2) is 0 Å². The molecule has 1 unspecified atom stereocenters. The first-order valence-electron chi connectivity index (χ1n) is 1.66. The lowest BCUT2D eigenvalue weighted by molar-refractivity contribution is 0.399. The molecule has 0 heterocycles. The van der Waals surface area contributed by atoms with Gasteiger partial charge in [-0.2, -0.15) is 0 Å². The highest BCUT2D eigenvalue weighted by Gasteiger charge is 2.11. The summed E-state index contributed by atoms with van der Waals surface area (Å²) in [5.41, 5.74) is 0. The minimum atomic E-state index is -0.847. The van der Waals surface area contributed by atoms with Crippen LogP contribution in [0, 0.1) is 0 Å². The summed E-state index contributed by atoms with van der Waals surface area (Å²) >= 11 is 9.00. The molecule has 44 valence electrons. The quantitative estimate of drug-likeness (QED) is 0.688. The molecule has 0 spiro atoms. The molecule has 0 aromatic heterocycles. The van der Waals surface area contributed by atoms with Crippen LogP contribution in [0.15, 0.2) is 0 Å². The number of alkyl halides is 4. The molecule has 1 atom stereocenters. The van der Waals surface area contributed by atoms with Gasteiger partial charge >= 0.3 is 0 Å². The van der Waals surface area contributed by atoms with Crippen molar-refractivity contribution in [2.45, 2.75) is 9.91 Å². The molecule has 0 aliphatic heterocycles. The zero-order chi connectivity index (χ0) is 5.86. The molecule has 0 nitrogen and oxygen atoms in total. The van der Waals surface area contributed by atoms with Crippen LogP contribution in [-0.2, 0) is 0 Å².